The largest absolute Gasteiger partial charge is 0.373 e. The third kappa shape index (κ3) is 3.27. The molecule has 0 bridgehead atoms. The number of amides is 1. The zero-order chi connectivity index (χ0) is 10.4. The van der Waals surface area contributed by atoms with Gasteiger partial charge in [-0.05, 0) is 6.42 Å². The van der Waals surface area contributed by atoms with Crippen LogP contribution in [0.2, 0.25) is 0 Å². The van der Waals surface area contributed by atoms with Crippen LogP contribution in [0.5, 0.6) is 0 Å². The molecule has 1 heterocycles. The Morgan fingerprint density at radius 3 is 3.07 bits per heavy atom. The third-order valence-corrected chi connectivity index (χ3v) is 2.50. The van der Waals surface area contributed by atoms with E-state index in [2.05, 4.69) is 6.92 Å². The first kappa shape index (κ1) is 11.5. The minimum Gasteiger partial charge on any atom is -0.373 e. The van der Waals surface area contributed by atoms with Crippen molar-refractivity contribution in [2.45, 2.75) is 32.3 Å². The highest BCUT2D eigenvalue weighted by Crippen LogP contribution is 2.07. The van der Waals surface area contributed by atoms with Crippen molar-refractivity contribution in [2.24, 2.45) is 5.73 Å². The minimum absolute atomic E-state index is 0.0364. The molecule has 0 aromatic rings. The van der Waals surface area contributed by atoms with Crippen molar-refractivity contribution in [1.29, 1.82) is 0 Å². The van der Waals surface area contributed by atoms with Crippen LogP contribution in [0.25, 0.3) is 0 Å². The fraction of sp³-hybridized carbons (Fsp3) is 0.900. The second-order valence-corrected chi connectivity index (χ2v) is 3.67. The number of nitrogens with two attached hydrogens (primary N) is 1. The molecule has 1 amide bonds. The number of hydrogen-bond donors (Lipinski definition) is 1. The van der Waals surface area contributed by atoms with Crippen molar-refractivity contribution in [3.05, 3.63) is 0 Å². The zero-order valence-electron chi connectivity index (χ0n) is 8.87. The fourth-order valence-corrected chi connectivity index (χ4v) is 1.57. The first-order chi connectivity index (χ1) is 6.77. The molecule has 1 atom stereocenters. The van der Waals surface area contributed by atoms with Gasteiger partial charge >= 0.3 is 0 Å². The van der Waals surface area contributed by atoms with Gasteiger partial charge in [0.05, 0.1) is 12.7 Å². The van der Waals surface area contributed by atoms with E-state index in [0.717, 1.165) is 19.4 Å². The van der Waals surface area contributed by atoms with Crippen molar-refractivity contribution < 1.29 is 9.53 Å². The lowest BCUT2D eigenvalue weighted by Gasteiger charge is -2.32. The fourth-order valence-electron chi connectivity index (χ4n) is 1.57. The van der Waals surface area contributed by atoms with Crippen LogP contribution in [0.1, 0.15) is 26.2 Å². The Morgan fingerprint density at radius 1 is 1.64 bits per heavy atom. The Balaban J connectivity index is 2.31. The number of ether oxygens (including phenoxy) is 1. The van der Waals surface area contributed by atoms with Crippen LogP contribution in [-0.2, 0) is 9.53 Å². The average molecular weight is 200 g/mol. The Kier molecular flexibility index (Phi) is 4.90. The molecule has 0 aromatic carbocycles. The molecule has 1 saturated heterocycles. The number of carbonyl (C=O) groups excluding carboxylic acids is 1. The van der Waals surface area contributed by atoms with Crippen LogP contribution in [0.3, 0.4) is 0 Å². The molecule has 1 aliphatic heterocycles. The smallest absolute Gasteiger partial charge is 0.222 e. The van der Waals surface area contributed by atoms with Crippen LogP contribution in [0, 0.1) is 0 Å². The summed E-state index contributed by atoms with van der Waals surface area (Å²) < 4.78 is 5.39. The van der Waals surface area contributed by atoms with Gasteiger partial charge in [-0.25, -0.2) is 0 Å². The average Bonchev–Trinajstić information content (AvgIpc) is 2.26. The summed E-state index contributed by atoms with van der Waals surface area (Å²) in [6.07, 6.45) is 2.74. The first-order valence-corrected chi connectivity index (χ1v) is 5.37. The predicted molar refractivity (Wildman–Crippen MR) is 54.9 cm³/mol. The molecular weight excluding hydrogens is 180 g/mol. The zero-order valence-corrected chi connectivity index (χ0v) is 8.87. The maximum atomic E-state index is 11.6. The van der Waals surface area contributed by atoms with Gasteiger partial charge in [0.2, 0.25) is 5.91 Å². The van der Waals surface area contributed by atoms with Gasteiger partial charge in [0.15, 0.2) is 0 Å². The Labute approximate surface area is 85.4 Å². The summed E-state index contributed by atoms with van der Waals surface area (Å²) >= 11 is 0. The standard InChI is InChI=1S/C10H20N2O2/c1-2-3-4-10(13)12-5-6-14-9(7-11)8-12/h9H,2-8,11H2,1H3. The molecule has 0 aliphatic carbocycles. The van der Waals surface area contributed by atoms with Gasteiger partial charge < -0.3 is 15.4 Å². The summed E-state index contributed by atoms with van der Waals surface area (Å²) in [4.78, 5) is 13.5. The van der Waals surface area contributed by atoms with Gasteiger partial charge in [-0.1, -0.05) is 13.3 Å². The lowest BCUT2D eigenvalue weighted by molar-refractivity contribution is -0.138. The Morgan fingerprint density at radius 2 is 2.43 bits per heavy atom. The number of rotatable bonds is 4. The molecule has 1 fully saturated rings. The summed E-state index contributed by atoms with van der Waals surface area (Å²) in [6.45, 7) is 4.60. The molecular formula is C10H20N2O2. The highest BCUT2D eigenvalue weighted by atomic mass is 16.5. The lowest BCUT2D eigenvalue weighted by atomic mass is 10.2. The highest BCUT2D eigenvalue weighted by Gasteiger charge is 2.22. The van der Waals surface area contributed by atoms with Crippen LogP contribution < -0.4 is 5.73 Å². The number of nitrogens with zero attached hydrogens (tertiary/aromatic N) is 1. The molecule has 0 saturated carbocycles. The van der Waals surface area contributed by atoms with Gasteiger partial charge in [-0.3, -0.25) is 4.79 Å². The van der Waals surface area contributed by atoms with Crippen molar-refractivity contribution in [3.8, 4) is 0 Å². The van der Waals surface area contributed by atoms with E-state index < -0.39 is 0 Å². The molecule has 0 spiro atoms. The summed E-state index contributed by atoms with van der Waals surface area (Å²) in [5, 5.41) is 0. The summed E-state index contributed by atoms with van der Waals surface area (Å²) in [7, 11) is 0. The summed E-state index contributed by atoms with van der Waals surface area (Å²) in [5.41, 5.74) is 5.50. The van der Waals surface area contributed by atoms with E-state index in [4.69, 9.17) is 10.5 Å². The molecule has 4 nitrogen and oxygen atoms in total. The third-order valence-electron chi connectivity index (χ3n) is 2.50. The number of unbranched alkanes of at least 4 members (excludes halogenated alkanes) is 1. The van der Waals surface area contributed by atoms with E-state index >= 15 is 0 Å². The molecule has 14 heavy (non-hydrogen) atoms. The predicted octanol–water partition coefficient (Wildman–Crippen LogP) is 0.363. The van der Waals surface area contributed by atoms with E-state index in [0.29, 0.717) is 26.1 Å². The quantitative estimate of drug-likeness (QED) is 0.713. The van der Waals surface area contributed by atoms with Gasteiger partial charge in [0.25, 0.3) is 0 Å². The normalized spacial score (nSPS) is 22.4. The Bertz CT molecular complexity index is 185. The number of morpholine rings is 1. The number of hydrogen-bond acceptors (Lipinski definition) is 3. The van der Waals surface area contributed by atoms with Crippen molar-refractivity contribution >= 4 is 5.91 Å². The van der Waals surface area contributed by atoms with E-state index in [1.807, 2.05) is 4.90 Å². The van der Waals surface area contributed by atoms with Crippen LogP contribution >= 0.6 is 0 Å². The molecule has 1 aliphatic rings. The molecule has 4 heteroatoms. The van der Waals surface area contributed by atoms with Crippen molar-refractivity contribution in [3.63, 3.8) is 0 Å². The SMILES string of the molecule is CCCCC(=O)N1CCOC(CN)C1. The van der Waals surface area contributed by atoms with E-state index in [9.17, 15) is 4.79 Å². The first-order valence-electron chi connectivity index (χ1n) is 5.37. The molecule has 0 aromatic heterocycles. The maximum absolute atomic E-state index is 11.6. The van der Waals surface area contributed by atoms with E-state index in [1.54, 1.807) is 0 Å². The maximum Gasteiger partial charge on any atom is 0.222 e. The second-order valence-electron chi connectivity index (χ2n) is 3.67. The summed E-state index contributed by atoms with van der Waals surface area (Å²) in [6, 6.07) is 0. The topological polar surface area (TPSA) is 55.6 Å². The lowest BCUT2D eigenvalue weighted by Crippen LogP contribution is -2.48. The minimum atomic E-state index is 0.0364. The van der Waals surface area contributed by atoms with Crippen LogP contribution in [0.15, 0.2) is 0 Å². The molecule has 2 N–H and O–H groups in total. The van der Waals surface area contributed by atoms with Gasteiger partial charge in [0, 0.05) is 26.1 Å². The van der Waals surface area contributed by atoms with E-state index in [1.165, 1.54) is 0 Å². The van der Waals surface area contributed by atoms with Crippen LogP contribution in [0.4, 0.5) is 0 Å². The highest BCUT2D eigenvalue weighted by molar-refractivity contribution is 5.76. The molecule has 0 radical (unpaired) electrons. The Hall–Kier alpha value is -0.610. The second kappa shape index (κ2) is 5.98. The van der Waals surface area contributed by atoms with Gasteiger partial charge in [-0.2, -0.15) is 0 Å². The van der Waals surface area contributed by atoms with Gasteiger partial charge in [0.1, 0.15) is 0 Å². The monoisotopic (exact) mass is 200 g/mol. The molecule has 82 valence electrons. The molecule has 1 rings (SSSR count). The number of carbonyl (C=O) groups is 1. The van der Waals surface area contributed by atoms with Crippen molar-refractivity contribution in [2.75, 3.05) is 26.2 Å². The van der Waals surface area contributed by atoms with Gasteiger partial charge in [-0.15, -0.1) is 0 Å². The molecule has 1 unspecified atom stereocenters. The summed E-state index contributed by atoms with van der Waals surface area (Å²) in [5.74, 6) is 0.244. The van der Waals surface area contributed by atoms with Crippen LogP contribution in [-0.4, -0.2) is 43.2 Å². The van der Waals surface area contributed by atoms with E-state index in [-0.39, 0.29) is 12.0 Å². The van der Waals surface area contributed by atoms with Crippen molar-refractivity contribution in [1.82, 2.24) is 4.90 Å².